The van der Waals surface area contributed by atoms with E-state index in [-0.39, 0.29) is 11.9 Å². The Hall–Kier alpha value is -3.87. The van der Waals surface area contributed by atoms with Crippen LogP contribution < -0.4 is 10.1 Å². The van der Waals surface area contributed by atoms with Crippen molar-refractivity contribution in [1.29, 1.82) is 0 Å². The van der Waals surface area contributed by atoms with Gasteiger partial charge in [0.05, 0.1) is 6.26 Å². The lowest BCUT2D eigenvalue weighted by atomic mass is 10.2. The fourth-order valence-electron chi connectivity index (χ4n) is 2.27. The van der Waals surface area contributed by atoms with E-state index in [0.717, 1.165) is 0 Å². The molecule has 2 aromatic carbocycles. The summed E-state index contributed by atoms with van der Waals surface area (Å²) in [5.41, 5.74) is 0.399. The molecule has 0 spiro atoms. The number of rotatable bonds is 5. The summed E-state index contributed by atoms with van der Waals surface area (Å²) in [6.45, 7) is 0. The summed E-state index contributed by atoms with van der Waals surface area (Å²) >= 11 is 0. The smallest absolute Gasteiger partial charge is 0.322 e. The minimum Gasteiger partial charge on any atom is -0.459 e. The van der Waals surface area contributed by atoms with Gasteiger partial charge in [0.1, 0.15) is 11.5 Å². The number of carbonyl (C=O) groups is 1. The SMILES string of the molecule is O=C(Nc1nnc(-c2ccco2)o1)c1cccc(Oc2ccccc2)c1. The minimum atomic E-state index is -0.391. The van der Waals surface area contributed by atoms with E-state index < -0.39 is 5.91 Å². The van der Waals surface area contributed by atoms with Crippen LogP contribution in [-0.2, 0) is 0 Å². The number of nitrogens with zero attached hydrogens (tertiary/aromatic N) is 2. The second-order valence-electron chi connectivity index (χ2n) is 5.29. The average molecular weight is 347 g/mol. The number of ether oxygens (including phenoxy) is 1. The number of hydrogen-bond donors (Lipinski definition) is 1. The highest BCUT2D eigenvalue weighted by molar-refractivity contribution is 6.03. The number of anilines is 1. The first-order chi connectivity index (χ1) is 12.8. The van der Waals surface area contributed by atoms with Crippen molar-refractivity contribution >= 4 is 11.9 Å². The van der Waals surface area contributed by atoms with Crippen molar-refractivity contribution in [2.45, 2.75) is 0 Å². The Labute approximate surface area is 148 Å². The summed E-state index contributed by atoms with van der Waals surface area (Å²) in [5.74, 6) is 1.46. The van der Waals surface area contributed by atoms with Crippen LogP contribution >= 0.6 is 0 Å². The minimum absolute atomic E-state index is 0.0178. The van der Waals surface area contributed by atoms with Gasteiger partial charge in [0.15, 0.2) is 5.76 Å². The molecule has 0 radical (unpaired) electrons. The molecule has 2 heterocycles. The average Bonchev–Trinajstić information content (AvgIpc) is 3.34. The molecule has 0 aliphatic heterocycles. The van der Waals surface area contributed by atoms with Crippen molar-refractivity contribution < 1.29 is 18.4 Å². The molecule has 0 bridgehead atoms. The lowest BCUT2D eigenvalue weighted by Gasteiger charge is -2.07. The van der Waals surface area contributed by atoms with E-state index >= 15 is 0 Å². The van der Waals surface area contributed by atoms with Gasteiger partial charge in [-0.05, 0) is 42.5 Å². The Kier molecular flexibility index (Phi) is 4.17. The monoisotopic (exact) mass is 347 g/mol. The number of benzene rings is 2. The molecule has 0 fully saturated rings. The summed E-state index contributed by atoms with van der Waals surface area (Å²) < 4.78 is 16.3. The molecule has 0 saturated heterocycles. The molecule has 1 N–H and O–H groups in total. The molecule has 128 valence electrons. The molecule has 0 unspecified atom stereocenters. The highest BCUT2D eigenvalue weighted by atomic mass is 16.5. The van der Waals surface area contributed by atoms with Gasteiger partial charge in [-0.1, -0.05) is 29.4 Å². The molecule has 1 amide bonds. The molecule has 7 heteroatoms. The Morgan fingerprint density at radius 3 is 2.58 bits per heavy atom. The highest BCUT2D eigenvalue weighted by Gasteiger charge is 2.14. The van der Waals surface area contributed by atoms with Gasteiger partial charge < -0.3 is 13.6 Å². The third-order valence-corrected chi connectivity index (χ3v) is 3.45. The van der Waals surface area contributed by atoms with Crippen LogP contribution in [-0.4, -0.2) is 16.1 Å². The van der Waals surface area contributed by atoms with Crippen molar-refractivity contribution in [2.75, 3.05) is 5.32 Å². The van der Waals surface area contributed by atoms with Crippen LogP contribution in [0.5, 0.6) is 11.5 Å². The molecule has 7 nitrogen and oxygen atoms in total. The van der Waals surface area contributed by atoms with E-state index in [0.29, 0.717) is 22.8 Å². The number of aromatic nitrogens is 2. The Morgan fingerprint density at radius 2 is 1.77 bits per heavy atom. The van der Waals surface area contributed by atoms with Crippen molar-refractivity contribution in [3.05, 3.63) is 78.6 Å². The van der Waals surface area contributed by atoms with Crippen molar-refractivity contribution in [2.24, 2.45) is 0 Å². The van der Waals surface area contributed by atoms with E-state index in [4.69, 9.17) is 13.6 Å². The number of furan rings is 1. The molecule has 26 heavy (non-hydrogen) atoms. The fraction of sp³-hybridized carbons (Fsp3) is 0. The van der Waals surface area contributed by atoms with E-state index in [1.807, 2.05) is 30.3 Å². The summed E-state index contributed by atoms with van der Waals surface area (Å²) in [6.07, 6.45) is 1.50. The molecule has 4 rings (SSSR count). The lowest BCUT2D eigenvalue weighted by Crippen LogP contribution is -2.12. The predicted octanol–water partition coefficient (Wildman–Crippen LogP) is 4.37. The third kappa shape index (κ3) is 3.46. The Morgan fingerprint density at radius 1 is 0.923 bits per heavy atom. The van der Waals surface area contributed by atoms with Gasteiger partial charge in [0.25, 0.3) is 11.8 Å². The Bertz CT molecular complexity index is 1010. The van der Waals surface area contributed by atoms with Crippen LogP contribution in [0.3, 0.4) is 0 Å². The first kappa shape index (κ1) is 15.6. The molecule has 0 aliphatic carbocycles. The van der Waals surface area contributed by atoms with Gasteiger partial charge in [-0.2, -0.15) is 0 Å². The number of amides is 1. The lowest BCUT2D eigenvalue weighted by molar-refractivity contribution is 0.102. The molecular weight excluding hydrogens is 334 g/mol. The van der Waals surface area contributed by atoms with Crippen LogP contribution in [0.4, 0.5) is 6.01 Å². The van der Waals surface area contributed by atoms with Gasteiger partial charge in [-0.15, -0.1) is 5.10 Å². The summed E-state index contributed by atoms with van der Waals surface area (Å²) in [4.78, 5) is 12.4. The fourth-order valence-corrected chi connectivity index (χ4v) is 2.27. The van der Waals surface area contributed by atoms with Crippen LogP contribution in [0.15, 0.2) is 81.8 Å². The highest BCUT2D eigenvalue weighted by Crippen LogP contribution is 2.23. The van der Waals surface area contributed by atoms with Crippen molar-refractivity contribution in [3.63, 3.8) is 0 Å². The maximum atomic E-state index is 12.4. The quantitative estimate of drug-likeness (QED) is 0.576. The topological polar surface area (TPSA) is 90.4 Å². The van der Waals surface area contributed by atoms with E-state index in [1.54, 1.807) is 36.4 Å². The standard InChI is InChI=1S/C19H13N3O4/c23-17(20-19-22-21-18(26-19)16-10-5-11-24-16)13-6-4-9-15(12-13)25-14-7-2-1-3-8-14/h1-12H,(H,20,22,23). The van der Waals surface area contributed by atoms with Gasteiger partial charge >= 0.3 is 6.01 Å². The molecular formula is C19H13N3O4. The van der Waals surface area contributed by atoms with Crippen LogP contribution in [0, 0.1) is 0 Å². The zero-order valence-corrected chi connectivity index (χ0v) is 13.5. The number of hydrogen-bond acceptors (Lipinski definition) is 6. The van der Waals surface area contributed by atoms with Gasteiger partial charge in [-0.3, -0.25) is 10.1 Å². The molecule has 2 aromatic heterocycles. The molecule has 0 atom stereocenters. The maximum absolute atomic E-state index is 12.4. The van der Waals surface area contributed by atoms with Gasteiger partial charge in [0, 0.05) is 5.56 Å². The first-order valence-corrected chi connectivity index (χ1v) is 7.80. The van der Waals surface area contributed by atoms with Crippen LogP contribution in [0.2, 0.25) is 0 Å². The first-order valence-electron chi connectivity index (χ1n) is 7.80. The second-order valence-corrected chi connectivity index (χ2v) is 5.29. The molecule has 0 saturated carbocycles. The summed E-state index contributed by atoms with van der Waals surface area (Å²) in [6, 6.07) is 19.5. The number of nitrogens with one attached hydrogen (secondary N) is 1. The van der Waals surface area contributed by atoms with Crippen molar-refractivity contribution in [3.8, 4) is 23.1 Å². The predicted molar refractivity (Wildman–Crippen MR) is 92.9 cm³/mol. The van der Waals surface area contributed by atoms with Gasteiger partial charge in [0.2, 0.25) is 0 Å². The third-order valence-electron chi connectivity index (χ3n) is 3.45. The normalized spacial score (nSPS) is 10.5. The van der Waals surface area contributed by atoms with Crippen molar-refractivity contribution in [1.82, 2.24) is 10.2 Å². The van der Waals surface area contributed by atoms with E-state index in [9.17, 15) is 4.79 Å². The van der Waals surface area contributed by atoms with Crippen LogP contribution in [0.25, 0.3) is 11.7 Å². The summed E-state index contributed by atoms with van der Waals surface area (Å²) in [5, 5.41) is 10.2. The molecule has 4 aromatic rings. The second kappa shape index (κ2) is 6.94. The summed E-state index contributed by atoms with van der Waals surface area (Å²) in [7, 11) is 0. The zero-order valence-electron chi connectivity index (χ0n) is 13.5. The van der Waals surface area contributed by atoms with E-state index in [1.165, 1.54) is 6.26 Å². The Balaban J connectivity index is 1.47. The van der Waals surface area contributed by atoms with E-state index in [2.05, 4.69) is 15.5 Å². The largest absolute Gasteiger partial charge is 0.459 e. The van der Waals surface area contributed by atoms with Crippen LogP contribution in [0.1, 0.15) is 10.4 Å². The number of para-hydroxylation sites is 1. The maximum Gasteiger partial charge on any atom is 0.322 e. The molecule has 0 aliphatic rings. The number of carbonyl (C=O) groups excluding carboxylic acids is 1. The van der Waals surface area contributed by atoms with Gasteiger partial charge in [-0.25, -0.2) is 0 Å². The zero-order chi connectivity index (χ0) is 17.8.